The topological polar surface area (TPSA) is 153 Å². The molecule has 11 nitrogen and oxygen atoms in total. The van der Waals surface area contributed by atoms with E-state index < -0.39 is 23.6 Å². The van der Waals surface area contributed by atoms with Gasteiger partial charge >= 0.3 is 12.3 Å². The molecule has 4 aromatic rings. The molecule has 0 amide bonds. The quantitative estimate of drug-likeness (QED) is 0.357. The largest absolute Gasteiger partial charge is 0.600 e. The number of alkyl halides is 3. The number of carbonyl (C=O) groups is 1. The predicted octanol–water partition coefficient (Wildman–Crippen LogP) is 2.11. The smallest absolute Gasteiger partial charge is 0.494 e. The van der Waals surface area contributed by atoms with E-state index in [9.17, 15) is 28.2 Å². The molecule has 0 aliphatic carbocycles. The molecular formula is C21H19F3N7O4+. The second-order valence-corrected chi connectivity index (χ2v) is 7.68. The number of nitrogens with zero attached hydrogens (tertiary/aromatic N) is 6. The number of hydrogen-bond acceptors (Lipinski definition) is 8. The van der Waals surface area contributed by atoms with Crippen molar-refractivity contribution in [3.05, 3.63) is 54.0 Å². The number of rotatable bonds is 5. The Balaban J connectivity index is 1.77. The van der Waals surface area contributed by atoms with Gasteiger partial charge in [-0.1, -0.05) is 21.9 Å². The minimum absolute atomic E-state index is 0.0441. The number of aromatic nitrogens is 6. The van der Waals surface area contributed by atoms with Crippen LogP contribution in [0.3, 0.4) is 0 Å². The number of benzene rings is 1. The summed E-state index contributed by atoms with van der Waals surface area (Å²) in [6.45, 7) is 0.209. The van der Waals surface area contributed by atoms with Gasteiger partial charge in [-0.3, -0.25) is 0 Å². The van der Waals surface area contributed by atoms with Gasteiger partial charge < -0.3 is 20.7 Å². The van der Waals surface area contributed by atoms with Crippen molar-refractivity contribution in [3.63, 3.8) is 0 Å². The first-order valence-electron chi connectivity index (χ1n) is 10.0. The average molecular weight is 490 g/mol. The molecule has 0 unspecified atom stereocenters. The van der Waals surface area contributed by atoms with E-state index in [1.807, 2.05) is 0 Å². The van der Waals surface area contributed by atoms with Crippen LogP contribution in [0.1, 0.15) is 18.3 Å². The maximum atomic E-state index is 13.4. The molecule has 0 radical (unpaired) electrons. The number of fused-ring (bicyclic) bond motifs is 1. The normalized spacial score (nSPS) is 13.5. The molecule has 3 aromatic heterocycles. The fourth-order valence-electron chi connectivity index (χ4n) is 3.58. The Kier molecular flexibility index (Phi) is 5.76. The van der Waals surface area contributed by atoms with Crippen molar-refractivity contribution in [2.24, 2.45) is 0 Å². The van der Waals surface area contributed by atoms with Crippen molar-refractivity contribution in [1.29, 1.82) is 0 Å². The van der Waals surface area contributed by atoms with Gasteiger partial charge in [0, 0.05) is 17.5 Å². The van der Waals surface area contributed by atoms with Gasteiger partial charge in [-0.05, 0) is 19.1 Å². The molecule has 0 saturated heterocycles. The van der Waals surface area contributed by atoms with E-state index in [4.69, 9.17) is 10.5 Å². The zero-order valence-corrected chi connectivity index (χ0v) is 18.4. The average Bonchev–Trinajstić information content (AvgIpc) is 3.25. The van der Waals surface area contributed by atoms with Gasteiger partial charge in [-0.15, -0.1) is 5.10 Å². The number of pyridine rings is 1. The van der Waals surface area contributed by atoms with Gasteiger partial charge in [-0.2, -0.15) is 18.0 Å². The van der Waals surface area contributed by atoms with E-state index in [1.54, 1.807) is 18.2 Å². The van der Waals surface area contributed by atoms with Crippen LogP contribution in [0.15, 0.2) is 42.6 Å². The summed E-state index contributed by atoms with van der Waals surface area (Å²) in [5.74, 6) is 0.415. The summed E-state index contributed by atoms with van der Waals surface area (Å²) in [6, 6.07) is 8.56. The summed E-state index contributed by atoms with van der Waals surface area (Å²) in [5.41, 5.74) is 2.51. The van der Waals surface area contributed by atoms with Crippen LogP contribution in [0, 0.1) is 0 Å². The molecule has 1 aromatic carbocycles. The van der Waals surface area contributed by atoms with Crippen LogP contribution >= 0.6 is 0 Å². The Morgan fingerprint density at radius 1 is 1.20 bits per heavy atom. The first-order chi connectivity index (χ1) is 16.4. The highest BCUT2D eigenvalue weighted by Crippen LogP contribution is 2.37. The minimum atomic E-state index is -5.11. The predicted molar refractivity (Wildman–Crippen MR) is 114 cm³/mol. The molecule has 14 heteroatoms. The van der Waals surface area contributed by atoms with E-state index in [-0.39, 0.29) is 23.9 Å². The van der Waals surface area contributed by atoms with E-state index in [0.717, 1.165) is 6.07 Å². The maximum Gasteiger partial charge on any atom is 0.600 e. The Morgan fingerprint density at radius 3 is 2.57 bits per heavy atom. The standard InChI is InChI=1S/C21H18F3N7O4/c1-20(34,21(22,23)24)15-8-3-5-11(31(15)19(32)33)9-30-10-13(28-29-30)16-12-6-4-7-14(35-2)17(12)27-18(25)26-16/h3-8,10,34H,9H2,1-2H3,(H2-,25,26,27,32,33)/p+1/t20-/m1/s1. The highest BCUT2D eigenvalue weighted by atomic mass is 19.4. The molecule has 1 atom stereocenters. The Labute approximate surface area is 195 Å². The van der Waals surface area contributed by atoms with Crippen LogP contribution in [-0.2, 0) is 12.1 Å². The van der Waals surface area contributed by atoms with Crippen molar-refractivity contribution >= 4 is 22.9 Å². The van der Waals surface area contributed by atoms with Gasteiger partial charge in [0.1, 0.15) is 29.2 Å². The van der Waals surface area contributed by atoms with E-state index in [0.29, 0.717) is 33.8 Å². The third-order valence-corrected chi connectivity index (χ3v) is 5.34. The van der Waals surface area contributed by atoms with Gasteiger partial charge in [0.15, 0.2) is 0 Å². The molecule has 0 bridgehead atoms. The van der Waals surface area contributed by atoms with E-state index in [1.165, 1.54) is 30.1 Å². The molecule has 3 heterocycles. The molecule has 0 spiro atoms. The Morgan fingerprint density at radius 2 is 1.91 bits per heavy atom. The molecule has 4 rings (SSSR count). The van der Waals surface area contributed by atoms with Crippen LogP contribution in [0.5, 0.6) is 5.75 Å². The SMILES string of the molecule is COc1cccc2c(-c3cn(Cc4cccc([C@@](C)(O)C(F)(F)F)[n+]4C(=O)O)nn3)nc(N)nc12. The lowest BCUT2D eigenvalue weighted by atomic mass is 10.00. The summed E-state index contributed by atoms with van der Waals surface area (Å²) < 4.78 is 47.1. The highest BCUT2D eigenvalue weighted by Gasteiger charge is 2.57. The summed E-state index contributed by atoms with van der Waals surface area (Å²) >= 11 is 0. The van der Waals surface area contributed by atoms with E-state index in [2.05, 4.69) is 20.3 Å². The third-order valence-electron chi connectivity index (χ3n) is 5.34. The number of halogens is 3. The number of ether oxygens (including phenoxy) is 1. The monoisotopic (exact) mass is 490 g/mol. The Hall–Kier alpha value is -4.33. The molecule has 182 valence electrons. The minimum Gasteiger partial charge on any atom is -0.494 e. The first-order valence-corrected chi connectivity index (χ1v) is 10.0. The van der Waals surface area contributed by atoms with Crippen LogP contribution < -0.4 is 15.0 Å². The summed E-state index contributed by atoms with van der Waals surface area (Å²) in [4.78, 5) is 20.3. The number of anilines is 1. The fourth-order valence-corrected chi connectivity index (χ4v) is 3.58. The zero-order valence-electron chi connectivity index (χ0n) is 18.4. The van der Waals surface area contributed by atoms with Crippen molar-refractivity contribution in [1.82, 2.24) is 25.0 Å². The lowest BCUT2D eigenvalue weighted by Crippen LogP contribution is -2.57. The van der Waals surface area contributed by atoms with Gasteiger partial charge in [0.05, 0.1) is 13.3 Å². The van der Waals surface area contributed by atoms with Crippen LogP contribution in [0.4, 0.5) is 23.9 Å². The van der Waals surface area contributed by atoms with Crippen molar-refractivity contribution in [3.8, 4) is 17.1 Å². The molecule has 35 heavy (non-hydrogen) atoms. The molecule has 0 saturated carbocycles. The lowest BCUT2D eigenvalue weighted by molar-refractivity contribution is -0.614. The van der Waals surface area contributed by atoms with Crippen LogP contribution in [-0.4, -0.2) is 54.6 Å². The van der Waals surface area contributed by atoms with Crippen LogP contribution in [0.2, 0.25) is 0 Å². The van der Waals surface area contributed by atoms with E-state index >= 15 is 0 Å². The number of nitrogens with two attached hydrogens (primary N) is 1. The summed E-state index contributed by atoms with van der Waals surface area (Å²) in [7, 11) is 1.48. The molecule has 0 aliphatic heterocycles. The first kappa shape index (κ1) is 23.8. The molecular weight excluding hydrogens is 471 g/mol. The zero-order chi connectivity index (χ0) is 25.5. The van der Waals surface area contributed by atoms with Crippen LogP contribution in [0.25, 0.3) is 22.3 Å². The highest BCUT2D eigenvalue weighted by molar-refractivity contribution is 5.95. The van der Waals surface area contributed by atoms with Crippen molar-refractivity contribution in [2.45, 2.75) is 25.2 Å². The fraction of sp³-hybridized carbons (Fsp3) is 0.238. The number of nitrogen functional groups attached to an aromatic ring is 1. The number of aliphatic hydroxyl groups is 1. The molecule has 0 fully saturated rings. The summed E-state index contributed by atoms with van der Waals surface area (Å²) in [5, 5.41) is 28.3. The molecule has 0 aliphatic rings. The maximum absolute atomic E-state index is 13.4. The lowest BCUT2D eigenvalue weighted by Gasteiger charge is -2.23. The number of methoxy groups -OCH3 is 1. The molecule has 4 N–H and O–H groups in total. The number of carboxylic acid groups (broad SMARTS) is 1. The summed E-state index contributed by atoms with van der Waals surface area (Å²) in [6.07, 6.45) is -5.39. The second kappa shape index (κ2) is 8.47. The van der Waals surface area contributed by atoms with Crippen molar-refractivity contribution < 1.29 is 37.5 Å². The number of para-hydroxylation sites is 1. The van der Waals surface area contributed by atoms with Gasteiger partial charge in [0.25, 0.3) is 0 Å². The van der Waals surface area contributed by atoms with Gasteiger partial charge in [-0.25, -0.2) is 14.6 Å². The number of hydrogen-bond donors (Lipinski definition) is 3. The van der Waals surface area contributed by atoms with Gasteiger partial charge in [0.2, 0.25) is 22.9 Å². The Bertz CT molecular complexity index is 1440. The second-order valence-electron chi connectivity index (χ2n) is 7.68. The van der Waals surface area contributed by atoms with Crippen molar-refractivity contribution in [2.75, 3.05) is 12.8 Å². The third kappa shape index (κ3) is 4.19.